The first-order valence-electron chi connectivity index (χ1n) is 13.7. The second-order valence-corrected chi connectivity index (χ2v) is 9.83. The number of carbonyl (C=O) groups is 1. The van der Waals surface area contributed by atoms with Crippen LogP contribution in [0.1, 0.15) is 96.6 Å². The SMILES string of the molecule is C#C[C@]1(CO)O[C@@H](n2cnc3c(NC(=O)OCCCCCCCCCCCCCC)nc(F)nc32)C[C@@H]1O. The number of ether oxygens (including phenoxy) is 2. The Hall–Kier alpha value is -2.81. The van der Waals surface area contributed by atoms with Gasteiger partial charge in [-0.2, -0.15) is 14.4 Å². The minimum atomic E-state index is -1.58. The average molecular weight is 534 g/mol. The number of aliphatic hydroxyl groups excluding tert-OH is 2. The van der Waals surface area contributed by atoms with Gasteiger partial charge in [-0.3, -0.25) is 9.88 Å². The molecule has 1 fully saturated rings. The summed E-state index contributed by atoms with van der Waals surface area (Å²) in [5.74, 6) is 2.14. The summed E-state index contributed by atoms with van der Waals surface area (Å²) in [5.41, 5.74) is -1.42. The molecule has 1 saturated heterocycles. The summed E-state index contributed by atoms with van der Waals surface area (Å²) in [7, 11) is 0. The number of terminal acetylenes is 1. The van der Waals surface area contributed by atoms with Gasteiger partial charge in [-0.05, 0) is 6.42 Å². The summed E-state index contributed by atoms with van der Waals surface area (Å²) in [6, 6.07) is 0. The van der Waals surface area contributed by atoms with E-state index in [-0.39, 0.29) is 30.0 Å². The predicted octanol–water partition coefficient (Wildman–Crippen LogP) is 4.86. The predicted molar refractivity (Wildman–Crippen MR) is 141 cm³/mol. The number of hydrogen-bond acceptors (Lipinski definition) is 8. The summed E-state index contributed by atoms with van der Waals surface area (Å²) in [5, 5.41) is 22.3. The van der Waals surface area contributed by atoms with Crippen LogP contribution in [0, 0.1) is 18.4 Å². The molecule has 1 amide bonds. The molecule has 1 aliphatic heterocycles. The molecule has 38 heavy (non-hydrogen) atoms. The Bertz CT molecular complexity index is 1070. The van der Waals surface area contributed by atoms with Crippen LogP contribution in [0.2, 0.25) is 0 Å². The lowest BCUT2D eigenvalue weighted by molar-refractivity contribution is -0.0891. The van der Waals surface area contributed by atoms with Crippen molar-refractivity contribution >= 4 is 23.1 Å². The standard InChI is InChI=1S/C27H40FN5O5/c1-3-5-6-7-8-9-10-11-12-13-14-15-16-37-26(36)31-23-22-24(32-25(28)30-23)33(19-29-22)21-17-20(35)27(4-2,18-34)38-21/h2,19-21,34-35H,3,5-18H2,1H3,(H,30,31,32,36)/t20-,21+,27+/m0/s1. The average Bonchev–Trinajstić information content (AvgIpc) is 3.47. The number of amides is 1. The molecule has 10 nitrogen and oxygen atoms in total. The second-order valence-electron chi connectivity index (χ2n) is 9.83. The van der Waals surface area contributed by atoms with Crippen LogP contribution in [0.3, 0.4) is 0 Å². The molecule has 3 heterocycles. The van der Waals surface area contributed by atoms with Crippen molar-refractivity contribution in [2.24, 2.45) is 0 Å². The first kappa shape index (κ1) is 29.7. The van der Waals surface area contributed by atoms with E-state index in [0.29, 0.717) is 0 Å². The molecular formula is C27H40FN5O5. The maximum Gasteiger partial charge on any atom is 0.412 e. The van der Waals surface area contributed by atoms with E-state index in [1.165, 1.54) is 68.7 Å². The molecule has 0 spiro atoms. The van der Waals surface area contributed by atoms with E-state index in [1.54, 1.807) is 0 Å². The third-order valence-corrected chi connectivity index (χ3v) is 6.94. The molecule has 1 aliphatic rings. The van der Waals surface area contributed by atoms with E-state index in [9.17, 15) is 19.4 Å². The van der Waals surface area contributed by atoms with Crippen LogP contribution in [0.25, 0.3) is 11.2 Å². The smallest absolute Gasteiger partial charge is 0.412 e. The molecule has 3 rings (SSSR count). The molecule has 3 N–H and O–H groups in total. The number of aliphatic hydroxyl groups is 2. The van der Waals surface area contributed by atoms with Crippen LogP contribution in [-0.4, -0.2) is 60.7 Å². The van der Waals surface area contributed by atoms with Gasteiger partial charge in [-0.25, -0.2) is 9.78 Å². The van der Waals surface area contributed by atoms with Gasteiger partial charge < -0.3 is 19.7 Å². The molecule has 11 heteroatoms. The topological polar surface area (TPSA) is 132 Å². The molecule has 0 radical (unpaired) electrons. The number of unbranched alkanes of at least 4 members (excludes halogenated alkanes) is 11. The lowest BCUT2D eigenvalue weighted by atomic mass is 9.99. The van der Waals surface area contributed by atoms with Gasteiger partial charge >= 0.3 is 12.2 Å². The van der Waals surface area contributed by atoms with Crippen molar-refractivity contribution in [1.82, 2.24) is 19.5 Å². The van der Waals surface area contributed by atoms with Gasteiger partial charge in [0.15, 0.2) is 22.6 Å². The molecule has 0 aliphatic carbocycles. The molecule has 0 saturated carbocycles. The maximum atomic E-state index is 14.2. The van der Waals surface area contributed by atoms with Crippen molar-refractivity contribution in [2.75, 3.05) is 18.5 Å². The number of halogens is 1. The highest BCUT2D eigenvalue weighted by Gasteiger charge is 2.47. The fourth-order valence-corrected chi connectivity index (χ4v) is 4.67. The van der Waals surface area contributed by atoms with Gasteiger partial charge in [0.1, 0.15) is 12.3 Å². The Morgan fingerprint density at radius 3 is 2.39 bits per heavy atom. The van der Waals surface area contributed by atoms with Crippen LogP contribution >= 0.6 is 0 Å². The molecular weight excluding hydrogens is 493 g/mol. The van der Waals surface area contributed by atoms with Crippen LogP contribution in [0.15, 0.2) is 6.33 Å². The van der Waals surface area contributed by atoms with E-state index in [1.807, 2.05) is 0 Å². The Kier molecular flexibility index (Phi) is 11.7. The molecule has 0 unspecified atom stereocenters. The zero-order valence-electron chi connectivity index (χ0n) is 22.2. The van der Waals surface area contributed by atoms with E-state index >= 15 is 0 Å². The number of nitrogens with one attached hydrogen (secondary N) is 1. The summed E-state index contributed by atoms with van der Waals surface area (Å²) in [6.45, 7) is 1.89. The number of aromatic nitrogens is 4. The van der Waals surface area contributed by atoms with Crippen molar-refractivity contribution in [2.45, 2.75) is 108 Å². The van der Waals surface area contributed by atoms with Gasteiger partial charge in [-0.1, -0.05) is 83.5 Å². The fraction of sp³-hybridized carbons (Fsp3) is 0.704. The van der Waals surface area contributed by atoms with Crippen LogP contribution in [0.4, 0.5) is 15.0 Å². The summed E-state index contributed by atoms with van der Waals surface area (Å²) in [6.07, 6.45) is 17.5. The van der Waals surface area contributed by atoms with Gasteiger partial charge in [-0.15, -0.1) is 6.42 Å². The van der Waals surface area contributed by atoms with Crippen molar-refractivity contribution in [3.8, 4) is 12.3 Å². The molecule has 0 aromatic carbocycles. The summed E-state index contributed by atoms with van der Waals surface area (Å²) in [4.78, 5) is 23.9. The number of anilines is 1. The van der Waals surface area contributed by atoms with E-state index in [2.05, 4.69) is 33.1 Å². The molecule has 3 atom stereocenters. The fourth-order valence-electron chi connectivity index (χ4n) is 4.67. The van der Waals surface area contributed by atoms with Gasteiger partial charge in [0.25, 0.3) is 0 Å². The highest BCUT2D eigenvalue weighted by Crippen LogP contribution is 2.37. The van der Waals surface area contributed by atoms with Crippen molar-refractivity contribution < 1.29 is 28.9 Å². The molecule has 2 aromatic rings. The zero-order valence-corrected chi connectivity index (χ0v) is 22.2. The highest BCUT2D eigenvalue weighted by molar-refractivity contribution is 5.93. The van der Waals surface area contributed by atoms with Gasteiger partial charge in [0, 0.05) is 6.42 Å². The maximum absolute atomic E-state index is 14.2. The molecule has 210 valence electrons. The van der Waals surface area contributed by atoms with Crippen molar-refractivity contribution in [1.29, 1.82) is 0 Å². The largest absolute Gasteiger partial charge is 0.449 e. The third kappa shape index (κ3) is 7.85. The van der Waals surface area contributed by atoms with Gasteiger partial charge in [0.2, 0.25) is 0 Å². The lowest BCUT2D eigenvalue weighted by Gasteiger charge is -2.23. The Morgan fingerprint density at radius 1 is 1.18 bits per heavy atom. The Labute approximate surface area is 223 Å². The normalized spacial score (nSPS) is 21.0. The Balaban J connectivity index is 1.41. The number of hydrogen-bond donors (Lipinski definition) is 3. The number of imidazole rings is 1. The first-order valence-corrected chi connectivity index (χ1v) is 13.7. The van der Waals surface area contributed by atoms with E-state index in [0.717, 1.165) is 19.3 Å². The summed E-state index contributed by atoms with van der Waals surface area (Å²) < 4.78 is 26.5. The van der Waals surface area contributed by atoms with E-state index < -0.39 is 36.7 Å². The molecule has 2 aromatic heterocycles. The van der Waals surface area contributed by atoms with Crippen LogP contribution < -0.4 is 5.32 Å². The number of carbonyl (C=O) groups excluding carboxylic acids is 1. The zero-order chi connectivity index (χ0) is 27.4. The highest BCUT2D eigenvalue weighted by atomic mass is 19.1. The number of rotatable bonds is 16. The number of nitrogens with zero attached hydrogens (tertiary/aromatic N) is 4. The number of fused-ring (bicyclic) bond motifs is 1. The van der Waals surface area contributed by atoms with Gasteiger partial charge in [0.05, 0.1) is 19.5 Å². The molecule has 0 bridgehead atoms. The Morgan fingerprint density at radius 2 is 1.82 bits per heavy atom. The van der Waals surface area contributed by atoms with Crippen molar-refractivity contribution in [3.63, 3.8) is 0 Å². The quantitative estimate of drug-likeness (QED) is 0.158. The minimum absolute atomic E-state index is 0.0334. The lowest BCUT2D eigenvalue weighted by Crippen LogP contribution is -2.41. The first-order chi connectivity index (χ1) is 18.4. The third-order valence-electron chi connectivity index (χ3n) is 6.94. The second kappa shape index (κ2) is 15.0. The van der Waals surface area contributed by atoms with Crippen molar-refractivity contribution in [3.05, 3.63) is 12.4 Å². The van der Waals surface area contributed by atoms with E-state index in [4.69, 9.17) is 15.9 Å². The monoisotopic (exact) mass is 533 g/mol. The van der Waals surface area contributed by atoms with Crippen LogP contribution in [-0.2, 0) is 9.47 Å². The van der Waals surface area contributed by atoms with Crippen LogP contribution in [0.5, 0.6) is 0 Å². The minimum Gasteiger partial charge on any atom is -0.449 e. The summed E-state index contributed by atoms with van der Waals surface area (Å²) >= 11 is 0.